The van der Waals surface area contributed by atoms with Gasteiger partial charge in [-0.3, -0.25) is 0 Å². The maximum atomic E-state index is 8.71. The third-order valence-corrected chi connectivity index (χ3v) is 3.32. The van der Waals surface area contributed by atoms with Gasteiger partial charge in [-0.15, -0.1) is 0 Å². The number of aromatic nitrogens is 1. The fourth-order valence-electron chi connectivity index (χ4n) is 2.41. The van der Waals surface area contributed by atoms with E-state index in [-0.39, 0.29) is 0 Å². The van der Waals surface area contributed by atoms with Crippen molar-refractivity contribution in [1.82, 2.24) is 4.98 Å². The fourth-order valence-corrected chi connectivity index (χ4v) is 2.41. The van der Waals surface area contributed by atoms with Gasteiger partial charge in [-0.05, 0) is 43.9 Å². The SMILES string of the molecule is N#Cc1ccc(N2CCCC(CCN)C2)cn1. The van der Waals surface area contributed by atoms with Gasteiger partial charge in [0.15, 0.2) is 0 Å². The van der Waals surface area contributed by atoms with E-state index in [0.29, 0.717) is 11.6 Å². The van der Waals surface area contributed by atoms with Crippen LogP contribution in [0.1, 0.15) is 25.0 Å². The van der Waals surface area contributed by atoms with Crippen molar-refractivity contribution >= 4 is 5.69 Å². The summed E-state index contributed by atoms with van der Waals surface area (Å²) in [6.07, 6.45) is 5.38. The molecule has 1 unspecified atom stereocenters. The van der Waals surface area contributed by atoms with Gasteiger partial charge in [0.05, 0.1) is 11.9 Å². The quantitative estimate of drug-likeness (QED) is 0.855. The fraction of sp³-hybridized carbons (Fsp3) is 0.538. The molecule has 0 spiro atoms. The van der Waals surface area contributed by atoms with E-state index >= 15 is 0 Å². The largest absolute Gasteiger partial charge is 0.370 e. The van der Waals surface area contributed by atoms with Crippen LogP contribution in [0.15, 0.2) is 18.3 Å². The zero-order valence-corrected chi connectivity index (χ0v) is 9.97. The van der Waals surface area contributed by atoms with Crippen LogP contribution in [0.25, 0.3) is 0 Å². The standard InChI is InChI=1S/C13H18N4/c14-6-5-11-2-1-7-17(10-11)13-4-3-12(8-15)16-9-13/h3-4,9,11H,1-2,5-7,10,14H2. The molecule has 0 amide bonds. The van der Waals surface area contributed by atoms with E-state index in [4.69, 9.17) is 11.0 Å². The van der Waals surface area contributed by atoms with Gasteiger partial charge >= 0.3 is 0 Å². The van der Waals surface area contributed by atoms with E-state index in [1.807, 2.05) is 12.1 Å². The molecule has 1 aromatic rings. The minimum atomic E-state index is 0.476. The van der Waals surface area contributed by atoms with Crippen LogP contribution in [-0.4, -0.2) is 24.6 Å². The number of hydrogen-bond acceptors (Lipinski definition) is 4. The number of pyridine rings is 1. The number of nitrogens with zero attached hydrogens (tertiary/aromatic N) is 3. The van der Waals surface area contributed by atoms with Crippen LogP contribution < -0.4 is 10.6 Å². The predicted molar refractivity (Wildman–Crippen MR) is 67.6 cm³/mol. The van der Waals surface area contributed by atoms with E-state index in [1.54, 1.807) is 12.3 Å². The summed E-state index contributed by atoms with van der Waals surface area (Å²) in [5, 5.41) is 8.71. The Kier molecular flexibility index (Phi) is 3.94. The molecule has 2 N–H and O–H groups in total. The van der Waals surface area contributed by atoms with Crippen LogP contribution in [0, 0.1) is 17.2 Å². The van der Waals surface area contributed by atoms with Gasteiger partial charge in [-0.25, -0.2) is 4.98 Å². The van der Waals surface area contributed by atoms with Crippen molar-refractivity contribution in [2.75, 3.05) is 24.5 Å². The number of rotatable bonds is 3. The Labute approximate surface area is 102 Å². The van der Waals surface area contributed by atoms with Crippen LogP contribution in [-0.2, 0) is 0 Å². The predicted octanol–water partition coefficient (Wildman–Crippen LogP) is 1.52. The molecule has 1 aliphatic rings. The Morgan fingerprint density at radius 1 is 1.53 bits per heavy atom. The monoisotopic (exact) mass is 230 g/mol. The van der Waals surface area contributed by atoms with Crippen molar-refractivity contribution in [3.05, 3.63) is 24.0 Å². The second-order valence-corrected chi connectivity index (χ2v) is 4.55. The summed E-state index contributed by atoms with van der Waals surface area (Å²) in [6, 6.07) is 5.80. The number of piperidine rings is 1. The van der Waals surface area contributed by atoms with Crippen molar-refractivity contribution in [2.45, 2.75) is 19.3 Å². The summed E-state index contributed by atoms with van der Waals surface area (Å²) in [5.41, 5.74) is 7.21. The van der Waals surface area contributed by atoms with Gasteiger partial charge in [-0.2, -0.15) is 5.26 Å². The minimum absolute atomic E-state index is 0.476. The van der Waals surface area contributed by atoms with Crippen molar-refractivity contribution < 1.29 is 0 Å². The van der Waals surface area contributed by atoms with Gasteiger partial charge in [0, 0.05) is 13.1 Å². The normalized spacial score (nSPS) is 20.0. The van der Waals surface area contributed by atoms with E-state index in [0.717, 1.165) is 31.7 Å². The van der Waals surface area contributed by atoms with Gasteiger partial charge < -0.3 is 10.6 Å². The average molecular weight is 230 g/mol. The van der Waals surface area contributed by atoms with E-state index in [2.05, 4.69) is 9.88 Å². The molecule has 0 aromatic carbocycles. The molecule has 0 radical (unpaired) electrons. The highest BCUT2D eigenvalue weighted by molar-refractivity contribution is 5.46. The van der Waals surface area contributed by atoms with E-state index in [9.17, 15) is 0 Å². The first-order valence-electron chi connectivity index (χ1n) is 6.14. The van der Waals surface area contributed by atoms with Gasteiger partial charge in [0.2, 0.25) is 0 Å². The Morgan fingerprint density at radius 2 is 2.41 bits per heavy atom. The summed E-state index contributed by atoms with van der Waals surface area (Å²) in [5.74, 6) is 0.699. The van der Waals surface area contributed by atoms with Crippen LogP contribution >= 0.6 is 0 Å². The highest BCUT2D eigenvalue weighted by atomic mass is 15.1. The lowest BCUT2D eigenvalue weighted by Gasteiger charge is -2.34. The maximum Gasteiger partial charge on any atom is 0.140 e. The second kappa shape index (κ2) is 5.65. The van der Waals surface area contributed by atoms with E-state index < -0.39 is 0 Å². The second-order valence-electron chi connectivity index (χ2n) is 4.55. The molecule has 0 bridgehead atoms. The first-order chi connectivity index (χ1) is 8.33. The molecule has 1 saturated heterocycles. The zero-order chi connectivity index (χ0) is 12.1. The highest BCUT2D eigenvalue weighted by Crippen LogP contribution is 2.24. The molecule has 17 heavy (non-hydrogen) atoms. The highest BCUT2D eigenvalue weighted by Gasteiger charge is 2.19. The molecule has 1 atom stereocenters. The van der Waals surface area contributed by atoms with Crippen molar-refractivity contribution in [2.24, 2.45) is 11.7 Å². The van der Waals surface area contributed by atoms with Crippen LogP contribution in [0.2, 0.25) is 0 Å². The molecule has 4 heteroatoms. The van der Waals surface area contributed by atoms with Gasteiger partial charge in [-0.1, -0.05) is 0 Å². The summed E-state index contributed by atoms with van der Waals surface area (Å²) in [6.45, 7) is 2.91. The first-order valence-corrected chi connectivity index (χ1v) is 6.14. The maximum absolute atomic E-state index is 8.71. The average Bonchev–Trinajstić information content (AvgIpc) is 2.40. The lowest BCUT2D eigenvalue weighted by molar-refractivity contribution is 0.396. The molecule has 0 saturated carbocycles. The first kappa shape index (κ1) is 11.9. The Hall–Kier alpha value is -1.60. The Bertz CT molecular complexity index is 391. The number of nitrogens with two attached hydrogens (primary N) is 1. The molecule has 2 heterocycles. The summed E-state index contributed by atoms with van der Waals surface area (Å²) in [7, 11) is 0. The van der Waals surface area contributed by atoms with Crippen LogP contribution in [0.3, 0.4) is 0 Å². The third-order valence-electron chi connectivity index (χ3n) is 3.32. The van der Waals surface area contributed by atoms with E-state index in [1.165, 1.54) is 12.8 Å². The molecule has 0 aliphatic carbocycles. The molecule has 2 rings (SSSR count). The molecule has 1 fully saturated rings. The summed E-state index contributed by atoms with van der Waals surface area (Å²) >= 11 is 0. The molecular weight excluding hydrogens is 212 g/mol. The minimum Gasteiger partial charge on any atom is -0.370 e. The number of anilines is 1. The third kappa shape index (κ3) is 2.95. The molecule has 4 nitrogen and oxygen atoms in total. The topological polar surface area (TPSA) is 65.9 Å². The summed E-state index contributed by atoms with van der Waals surface area (Å²) < 4.78 is 0. The summed E-state index contributed by atoms with van der Waals surface area (Å²) in [4.78, 5) is 6.46. The number of hydrogen-bond donors (Lipinski definition) is 1. The molecular formula is C13H18N4. The molecule has 1 aromatic heterocycles. The van der Waals surface area contributed by atoms with Crippen molar-refractivity contribution in [3.8, 4) is 6.07 Å². The Morgan fingerprint density at radius 3 is 3.06 bits per heavy atom. The van der Waals surface area contributed by atoms with Gasteiger partial charge in [0.1, 0.15) is 11.8 Å². The number of nitriles is 1. The van der Waals surface area contributed by atoms with Crippen LogP contribution in [0.4, 0.5) is 5.69 Å². The van der Waals surface area contributed by atoms with Crippen molar-refractivity contribution in [1.29, 1.82) is 5.26 Å². The Balaban J connectivity index is 2.03. The van der Waals surface area contributed by atoms with Crippen molar-refractivity contribution in [3.63, 3.8) is 0 Å². The lowest BCUT2D eigenvalue weighted by atomic mass is 9.94. The molecule has 1 aliphatic heterocycles. The lowest BCUT2D eigenvalue weighted by Crippen LogP contribution is -2.36. The smallest absolute Gasteiger partial charge is 0.140 e. The zero-order valence-electron chi connectivity index (χ0n) is 9.97. The van der Waals surface area contributed by atoms with Gasteiger partial charge in [0.25, 0.3) is 0 Å². The molecule has 90 valence electrons. The van der Waals surface area contributed by atoms with Crippen LogP contribution in [0.5, 0.6) is 0 Å².